The number of piperidine rings is 1. The van der Waals surface area contributed by atoms with Gasteiger partial charge in [0.25, 0.3) is 0 Å². The minimum absolute atomic E-state index is 0.292. The van der Waals surface area contributed by atoms with Crippen LogP contribution in [-0.4, -0.2) is 32.8 Å². The topological polar surface area (TPSA) is 38.1 Å². The third-order valence-electron chi connectivity index (χ3n) is 5.15. The van der Waals surface area contributed by atoms with Crippen molar-refractivity contribution in [2.24, 2.45) is 5.92 Å². The molecule has 116 valence electrons. The van der Waals surface area contributed by atoms with E-state index in [0.717, 1.165) is 32.4 Å². The Labute approximate surface area is 127 Å². The molecule has 2 fully saturated rings. The van der Waals surface area contributed by atoms with Crippen LogP contribution in [0.2, 0.25) is 0 Å². The van der Waals surface area contributed by atoms with Crippen LogP contribution in [0, 0.1) is 5.92 Å². The second kappa shape index (κ2) is 6.30. The Morgan fingerprint density at radius 3 is 2.86 bits per heavy atom. The third-order valence-corrected chi connectivity index (χ3v) is 5.15. The molecule has 4 nitrogen and oxygen atoms in total. The zero-order valence-corrected chi connectivity index (χ0v) is 13.3. The number of carbonyl (C=O) groups excluding carboxylic acids is 1. The highest BCUT2D eigenvalue weighted by molar-refractivity contribution is 5.83. The number of imidazole rings is 1. The summed E-state index contributed by atoms with van der Waals surface area (Å²) in [6, 6.07) is 0.906. The maximum atomic E-state index is 12.2. The summed E-state index contributed by atoms with van der Waals surface area (Å²) in [4.78, 5) is 19.0. The van der Waals surface area contributed by atoms with Gasteiger partial charge in [-0.05, 0) is 46.1 Å². The second-order valence-corrected chi connectivity index (χ2v) is 6.88. The van der Waals surface area contributed by atoms with Crippen molar-refractivity contribution in [2.75, 3.05) is 6.54 Å². The molecule has 1 aliphatic heterocycles. The first kappa shape index (κ1) is 14.8. The molecule has 21 heavy (non-hydrogen) atoms. The van der Waals surface area contributed by atoms with Gasteiger partial charge in [0.15, 0.2) is 0 Å². The molecule has 1 aliphatic carbocycles. The van der Waals surface area contributed by atoms with Crippen LogP contribution in [0.15, 0.2) is 12.5 Å². The molecule has 2 atom stereocenters. The third kappa shape index (κ3) is 3.05. The van der Waals surface area contributed by atoms with Crippen molar-refractivity contribution >= 4 is 5.78 Å². The monoisotopic (exact) mass is 289 g/mol. The summed E-state index contributed by atoms with van der Waals surface area (Å²) < 4.78 is 2.25. The first-order valence-electron chi connectivity index (χ1n) is 8.44. The van der Waals surface area contributed by atoms with Gasteiger partial charge in [-0.3, -0.25) is 9.69 Å². The van der Waals surface area contributed by atoms with Crippen LogP contribution in [-0.2, 0) is 11.3 Å². The van der Waals surface area contributed by atoms with Crippen LogP contribution in [0.5, 0.6) is 0 Å². The fourth-order valence-corrected chi connectivity index (χ4v) is 4.05. The van der Waals surface area contributed by atoms with E-state index in [1.54, 1.807) is 0 Å². The van der Waals surface area contributed by atoms with E-state index in [0.29, 0.717) is 23.8 Å². The van der Waals surface area contributed by atoms with Crippen molar-refractivity contribution in [3.8, 4) is 0 Å². The van der Waals surface area contributed by atoms with Crippen molar-refractivity contribution in [1.29, 1.82) is 0 Å². The summed E-state index contributed by atoms with van der Waals surface area (Å²) in [6.07, 6.45) is 10.6. The zero-order chi connectivity index (χ0) is 14.8. The molecule has 0 radical (unpaired) electrons. The number of Topliss-reactive ketones (excluding diaryl/α,β-unsaturated/α-hetero) is 1. The normalized spacial score (nSPS) is 27.7. The van der Waals surface area contributed by atoms with Crippen molar-refractivity contribution in [1.82, 2.24) is 14.5 Å². The minimum Gasteiger partial charge on any atom is -0.331 e. The molecule has 0 aromatic carbocycles. The quantitative estimate of drug-likeness (QED) is 0.854. The van der Waals surface area contributed by atoms with Crippen LogP contribution in [0.3, 0.4) is 0 Å². The van der Waals surface area contributed by atoms with E-state index in [1.807, 2.05) is 12.5 Å². The summed E-state index contributed by atoms with van der Waals surface area (Å²) in [6.45, 7) is 6.45. The van der Waals surface area contributed by atoms with Gasteiger partial charge < -0.3 is 4.57 Å². The van der Waals surface area contributed by atoms with Gasteiger partial charge in [-0.2, -0.15) is 0 Å². The number of rotatable bonds is 4. The number of carbonyl (C=O) groups is 1. The molecule has 2 unspecified atom stereocenters. The van der Waals surface area contributed by atoms with Gasteiger partial charge >= 0.3 is 0 Å². The highest BCUT2D eigenvalue weighted by Gasteiger charge is 2.36. The van der Waals surface area contributed by atoms with E-state index in [-0.39, 0.29) is 0 Å². The molecule has 2 heterocycles. The first-order valence-corrected chi connectivity index (χ1v) is 8.44. The predicted molar refractivity (Wildman–Crippen MR) is 83.0 cm³/mol. The van der Waals surface area contributed by atoms with Gasteiger partial charge in [-0.1, -0.05) is 6.42 Å². The molecule has 0 bridgehead atoms. The van der Waals surface area contributed by atoms with Crippen LogP contribution in [0.4, 0.5) is 0 Å². The molecule has 1 aromatic rings. The first-order chi connectivity index (χ1) is 10.2. The molecule has 0 N–H and O–H groups in total. The highest BCUT2D eigenvalue weighted by Crippen LogP contribution is 2.33. The van der Waals surface area contributed by atoms with Gasteiger partial charge in [0, 0.05) is 37.2 Å². The molecular weight excluding hydrogens is 262 g/mol. The fraction of sp³-hybridized carbons (Fsp3) is 0.765. The zero-order valence-electron chi connectivity index (χ0n) is 13.3. The molecule has 0 amide bonds. The highest BCUT2D eigenvalue weighted by atomic mass is 16.1. The smallest absolute Gasteiger partial charge is 0.137 e. The molecule has 1 saturated carbocycles. The maximum absolute atomic E-state index is 12.2. The Morgan fingerprint density at radius 2 is 2.14 bits per heavy atom. The van der Waals surface area contributed by atoms with E-state index < -0.39 is 0 Å². The summed E-state index contributed by atoms with van der Waals surface area (Å²) >= 11 is 0. The van der Waals surface area contributed by atoms with E-state index in [4.69, 9.17) is 0 Å². The van der Waals surface area contributed by atoms with Gasteiger partial charge in [0.05, 0.1) is 12.0 Å². The largest absolute Gasteiger partial charge is 0.331 e. The Kier molecular flexibility index (Phi) is 4.43. The minimum atomic E-state index is 0.292. The molecule has 2 aliphatic rings. The Hall–Kier alpha value is -1.16. The van der Waals surface area contributed by atoms with Crippen LogP contribution in [0.25, 0.3) is 0 Å². The molecule has 1 aromatic heterocycles. The molecule has 0 spiro atoms. The maximum Gasteiger partial charge on any atom is 0.137 e. The number of aromatic nitrogens is 2. The second-order valence-electron chi connectivity index (χ2n) is 6.88. The van der Waals surface area contributed by atoms with Gasteiger partial charge in [-0.25, -0.2) is 4.98 Å². The summed E-state index contributed by atoms with van der Waals surface area (Å²) in [5, 5.41) is 0. The number of hydrogen-bond donors (Lipinski definition) is 0. The standard InChI is InChI=1S/C17H27N3O/c1-13(2)20-12-18-10-14(20)11-19-9-4-3-7-16(19)15-6-5-8-17(15)21/h10,12-13,15-16H,3-9,11H2,1-2H3. The van der Waals surface area contributed by atoms with Crippen LogP contribution in [0.1, 0.15) is 64.1 Å². The summed E-state index contributed by atoms with van der Waals surface area (Å²) in [7, 11) is 0. The summed E-state index contributed by atoms with van der Waals surface area (Å²) in [5.74, 6) is 0.796. The lowest BCUT2D eigenvalue weighted by atomic mass is 9.88. The van der Waals surface area contributed by atoms with Gasteiger partial charge in [0.1, 0.15) is 5.78 Å². The average Bonchev–Trinajstić information content (AvgIpc) is 3.08. The van der Waals surface area contributed by atoms with Crippen LogP contribution < -0.4 is 0 Å². The van der Waals surface area contributed by atoms with Crippen molar-refractivity contribution in [3.63, 3.8) is 0 Å². The number of nitrogens with zero attached hydrogens (tertiary/aromatic N) is 3. The van der Waals surface area contributed by atoms with Crippen LogP contribution >= 0.6 is 0 Å². The fourth-order valence-electron chi connectivity index (χ4n) is 4.05. The van der Waals surface area contributed by atoms with Gasteiger partial charge in [-0.15, -0.1) is 0 Å². The number of likely N-dealkylation sites (tertiary alicyclic amines) is 1. The van der Waals surface area contributed by atoms with E-state index in [1.165, 1.54) is 25.0 Å². The summed E-state index contributed by atoms with van der Waals surface area (Å²) in [5.41, 5.74) is 1.28. The van der Waals surface area contributed by atoms with Crippen molar-refractivity contribution in [3.05, 3.63) is 18.2 Å². The number of hydrogen-bond acceptors (Lipinski definition) is 3. The van der Waals surface area contributed by atoms with E-state index in [9.17, 15) is 4.79 Å². The van der Waals surface area contributed by atoms with E-state index in [2.05, 4.69) is 28.3 Å². The lowest BCUT2D eigenvalue weighted by Crippen LogP contribution is -2.45. The van der Waals surface area contributed by atoms with Crippen molar-refractivity contribution in [2.45, 2.75) is 71.0 Å². The Morgan fingerprint density at radius 1 is 1.29 bits per heavy atom. The molecule has 4 heteroatoms. The molecule has 3 rings (SSSR count). The average molecular weight is 289 g/mol. The van der Waals surface area contributed by atoms with Gasteiger partial charge in [0.2, 0.25) is 0 Å². The molecule has 1 saturated heterocycles. The van der Waals surface area contributed by atoms with E-state index >= 15 is 0 Å². The lowest BCUT2D eigenvalue weighted by molar-refractivity contribution is -0.123. The molecular formula is C17H27N3O. The lowest BCUT2D eigenvalue weighted by Gasteiger charge is -2.38. The Bertz CT molecular complexity index is 494. The number of ketones is 1. The van der Waals surface area contributed by atoms with Crippen molar-refractivity contribution < 1.29 is 4.79 Å². The SMILES string of the molecule is CC(C)n1cncc1CN1CCCCC1C1CCCC1=O. The predicted octanol–water partition coefficient (Wildman–Crippen LogP) is 3.19. The Balaban J connectivity index is 1.75.